The maximum atomic E-state index is 12.2. The van der Waals surface area contributed by atoms with Gasteiger partial charge in [-0.25, -0.2) is 0 Å². The number of hydrogen-bond acceptors (Lipinski definition) is 4. The van der Waals surface area contributed by atoms with Crippen molar-refractivity contribution in [2.75, 3.05) is 13.7 Å². The molecule has 150 valence electrons. The largest absolute Gasteiger partial charge is 0.494 e. The molecule has 2 amide bonds. The number of hydrogen-bond donors (Lipinski definition) is 2. The number of ether oxygens (including phenoxy) is 2. The smallest absolute Gasteiger partial charge is 0.269 e. The number of hydrazine groups is 1. The number of rotatable bonds is 10. The summed E-state index contributed by atoms with van der Waals surface area (Å²) in [5, 5.41) is 0. The molecule has 0 bridgehead atoms. The van der Waals surface area contributed by atoms with Crippen molar-refractivity contribution in [3.05, 3.63) is 65.2 Å². The van der Waals surface area contributed by atoms with Crippen LogP contribution in [-0.4, -0.2) is 25.5 Å². The molecular formula is C22H28N2O4. The molecule has 0 saturated heterocycles. The topological polar surface area (TPSA) is 76.7 Å². The van der Waals surface area contributed by atoms with Crippen LogP contribution in [0, 0.1) is 0 Å². The first-order valence-electron chi connectivity index (χ1n) is 9.55. The van der Waals surface area contributed by atoms with E-state index in [2.05, 4.69) is 17.8 Å². The van der Waals surface area contributed by atoms with Crippen LogP contribution in [-0.2, 0) is 11.3 Å². The summed E-state index contributed by atoms with van der Waals surface area (Å²) in [5.41, 5.74) is 6.69. The van der Waals surface area contributed by atoms with Gasteiger partial charge in [0.15, 0.2) is 0 Å². The summed E-state index contributed by atoms with van der Waals surface area (Å²) in [6.45, 7) is 3.33. The molecule has 6 heteroatoms. The molecule has 0 atom stereocenters. The average Bonchev–Trinajstić information content (AvgIpc) is 2.73. The van der Waals surface area contributed by atoms with E-state index in [1.165, 1.54) is 12.8 Å². The average molecular weight is 384 g/mol. The van der Waals surface area contributed by atoms with Crippen molar-refractivity contribution in [3.63, 3.8) is 0 Å². The molecule has 2 aromatic carbocycles. The van der Waals surface area contributed by atoms with Crippen molar-refractivity contribution in [1.29, 1.82) is 0 Å². The molecule has 0 aliphatic heterocycles. The van der Waals surface area contributed by atoms with Crippen LogP contribution >= 0.6 is 0 Å². The van der Waals surface area contributed by atoms with Crippen molar-refractivity contribution >= 4 is 11.8 Å². The number of carbonyl (C=O) groups is 2. The van der Waals surface area contributed by atoms with Crippen LogP contribution in [0.15, 0.2) is 48.5 Å². The molecule has 0 aromatic heterocycles. The standard InChI is InChI=1S/C22H28N2O4/c1-3-4-5-6-15-28-20-13-11-19(12-14-20)22(26)24-23-21(25)18-9-7-17(8-10-18)16-27-2/h7-14H,3-6,15-16H2,1-2H3,(H,23,25)(H,24,26). The summed E-state index contributed by atoms with van der Waals surface area (Å²) in [7, 11) is 1.61. The predicted octanol–water partition coefficient (Wildman–Crippen LogP) is 3.87. The minimum absolute atomic E-state index is 0.385. The van der Waals surface area contributed by atoms with Gasteiger partial charge in [-0.05, 0) is 48.4 Å². The molecular weight excluding hydrogens is 356 g/mol. The lowest BCUT2D eigenvalue weighted by atomic mass is 10.1. The van der Waals surface area contributed by atoms with E-state index in [1.807, 2.05) is 0 Å². The van der Waals surface area contributed by atoms with Crippen LogP contribution in [0.3, 0.4) is 0 Å². The third-order valence-electron chi connectivity index (χ3n) is 4.20. The minimum atomic E-state index is -0.390. The Hall–Kier alpha value is -2.86. The molecule has 0 unspecified atom stereocenters. The highest BCUT2D eigenvalue weighted by molar-refractivity contribution is 5.99. The molecule has 0 heterocycles. The zero-order valence-electron chi connectivity index (χ0n) is 16.5. The van der Waals surface area contributed by atoms with E-state index in [0.717, 1.165) is 24.2 Å². The first-order valence-corrected chi connectivity index (χ1v) is 9.55. The fourth-order valence-corrected chi connectivity index (χ4v) is 2.60. The summed E-state index contributed by atoms with van der Waals surface area (Å²) >= 11 is 0. The second-order valence-electron chi connectivity index (χ2n) is 6.47. The summed E-state index contributed by atoms with van der Waals surface area (Å²) in [6, 6.07) is 13.8. The molecule has 0 radical (unpaired) electrons. The van der Waals surface area contributed by atoms with Crippen LogP contribution < -0.4 is 15.6 Å². The number of nitrogens with one attached hydrogen (secondary N) is 2. The van der Waals surface area contributed by atoms with Gasteiger partial charge in [0.05, 0.1) is 13.2 Å². The van der Waals surface area contributed by atoms with Gasteiger partial charge in [0.1, 0.15) is 5.75 Å². The van der Waals surface area contributed by atoms with Crippen molar-refractivity contribution in [1.82, 2.24) is 10.9 Å². The van der Waals surface area contributed by atoms with Crippen molar-refractivity contribution in [3.8, 4) is 5.75 Å². The van der Waals surface area contributed by atoms with Gasteiger partial charge in [-0.1, -0.05) is 38.3 Å². The molecule has 2 aromatic rings. The minimum Gasteiger partial charge on any atom is -0.494 e. The molecule has 0 fully saturated rings. The van der Waals surface area contributed by atoms with Gasteiger partial charge in [0.25, 0.3) is 11.8 Å². The lowest BCUT2D eigenvalue weighted by Crippen LogP contribution is -2.41. The van der Waals surface area contributed by atoms with Crippen molar-refractivity contribution in [2.24, 2.45) is 0 Å². The van der Waals surface area contributed by atoms with E-state index >= 15 is 0 Å². The Labute approximate surface area is 166 Å². The first-order chi connectivity index (χ1) is 13.6. The van der Waals surface area contributed by atoms with Crippen LogP contribution in [0.4, 0.5) is 0 Å². The molecule has 0 spiro atoms. The summed E-state index contributed by atoms with van der Waals surface area (Å²) in [6.07, 6.45) is 4.59. The Balaban J connectivity index is 1.78. The van der Waals surface area contributed by atoms with E-state index in [9.17, 15) is 9.59 Å². The fraction of sp³-hybridized carbons (Fsp3) is 0.364. The molecule has 0 aliphatic rings. The number of benzene rings is 2. The van der Waals surface area contributed by atoms with Gasteiger partial charge < -0.3 is 9.47 Å². The van der Waals surface area contributed by atoms with Gasteiger partial charge in [0.2, 0.25) is 0 Å². The molecule has 0 saturated carbocycles. The lowest BCUT2D eigenvalue weighted by Gasteiger charge is -2.09. The summed E-state index contributed by atoms with van der Waals surface area (Å²) < 4.78 is 10.7. The van der Waals surface area contributed by atoms with Gasteiger partial charge in [0, 0.05) is 18.2 Å². The second kappa shape index (κ2) is 11.8. The molecule has 2 rings (SSSR count). The monoisotopic (exact) mass is 384 g/mol. The Morgan fingerprint density at radius 3 is 1.93 bits per heavy atom. The Morgan fingerprint density at radius 2 is 1.39 bits per heavy atom. The Morgan fingerprint density at radius 1 is 0.821 bits per heavy atom. The van der Waals surface area contributed by atoms with E-state index in [1.54, 1.807) is 55.6 Å². The third kappa shape index (κ3) is 7.04. The van der Waals surface area contributed by atoms with Crippen LogP contribution in [0.1, 0.15) is 58.9 Å². The van der Waals surface area contributed by atoms with Crippen LogP contribution in [0.5, 0.6) is 5.75 Å². The van der Waals surface area contributed by atoms with Crippen LogP contribution in [0.2, 0.25) is 0 Å². The number of carbonyl (C=O) groups excluding carboxylic acids is 2. The van der Waals surface area contributed by atoms with Crippen molar-refractivity contribution < 1.29 is 19.1 Å². The molecule has 2 N–H and O–H groups in total. The lowest BCUT2D eigenvalue weighted by molar-refractivity contribution is 0.0846. The van der Waals surface area contributed by atoms with Gasteiger partial charge in [-0.3, -0.25) is 20.4 Å². The molecule has 0 aliphatic carbocycles. The zero-order chi connectivity index (χ0) is 20.2. The van der Waals surface area contributed by atoms with Gasteiger partial charge in [-0.2, -0.15) is 0 Å². The number of unbranched alkanes of at least 4 members (excludes halogenated alkanes) is 3. The number of methoxy groups -OCH3 is 1. The maximum absolute atomic E-state index is 12.2. The third-order valence-corrected chi connectivity index (χ3v) is 4.20. The van der Waals surface area contributed by atoms with E-state index in [-0.39, 0.29) is 11.8 Å². The first kappa shape index (κ1) is 21.4. The SMILES string of the molecule is CCCCCCOc1ccc(C(=O)NNC(=O)c2ccc(COC)cc2)cc1. The van der Waals surface area contributed by atoms with Crippen molar-refractivity contribution in [2.45, 2.75) is 39.2 Å². The Kier molecular flexibility index (Phi) is 9.01. The number of amides is 2. The maximum Gasteiger partial charge on any atom is 0.269 e. The van der Waals surface area contributed by atoms with E-state index < -0.39 is 0 Å². The van der Waals surface area contributed by atoms with Gasteiger partial charge >= 0.3 is 0 Å². The molecule has 28 heavy (non-hydrogen) atoms. The fourth-order valence-electron chi connectivity index (χ4n) is 2.60. The highest BCUT2D eigenvalue weighted by atomic mass is 16.5. The summed E-state index contributed by atoms with van der Waals surface area (Å²) in [4.78, 5) is 24.3. The quantitative estimate of drug-likeness (QED) is 0.482. The predicted molar refractivity (Wildman–Crippen MR) is 108 cm³/mol. The normalized spacial score (nSPS) is 10.4. The van der Waals surface area contributed by atoms with Crippen LogP contribution in [0.25, 0.3) is 0 Å². The van der Waals surface area contributed by atoms with E-state index in [0.29, 0.717) is 24.3 Å². The van der Waals surface area contributed by atoms with E-state index in [4.69, 9.17) is 9.47 Å². The molecule has 6 nitrogen and oxygen atoms in total. The Bertz CT molecular complexity index is 742. The highest BCUT2D eigenvalue weighted by Gasteiger charge is 2.09. The van der Waals surface area contributed by atoms with Gasteiger partial charge in [-0.15, -0.1) is 0 Å². The zero-order valence-corrected chi connectivity index (χ0v) is 16.5. The second-order valence-corrected chi connectivity index (χ2v) is 6.47. The highest BCUT2D eigenvalue weighted by Crippen LogP contribution is 2.13. The summed E-state index contributed by atoms with van der Waals surface area (Å²) in [5.74, 6) is -0.0450.